The van der Waals surface area contributed by atoms with Gasteiger partial charge in [-0.2, -0.15) is 0 Å². The third-order valence-electron chi connectivity index (χ3n) is 4.24. The number of nitrogens with zero attached hydrogens (tertiary/aromatic N) is 1. The van der Waals surface area contributed by atoms with E-state index < -0.39 is 0 Å². The summed E-state index contributed by atoms with van der Waals surface area (Å²) in [5.74, 6) is 0.645. The molecule has 1 aromatic rings. The highest BCUT2D eigenvalue weighted by molar-refractivity contribution is 5.85. The van der Waals surface area contributed by atoms with Crippen LogP contribution in [0, 0.1) is 5.92 Å². The molecule has 0 radical (unpaired) electrons. The highest BCUT2D eigenvalue weighted by Gasteiger charge is 2.19. The van der Waals surface area contributed by atoms with Gasteiger partial charge in [0.2, 0.25) is 5.91 Å². The maximum Gasteiger partial charge on any atom is 0.221 e. The smallest absolute Gasteiger partial charge is 0.221 e. The SMILES string of the molecule is CCN(CC)C(CNC(=O)CC(N)c1ccccc1)CC(C)C.Cl.Cl. The zero-order chi connectivity index (χ0) is 17.2. The van der Waals surface area contributed by atoms with Crippen LogP contribution in [0.2, 0.25) is 0 Å². The predicted molar refractivity (Wildman–Crippen MR) is 112 cm³/mol. The number of nitrogens with one attached hydrogen (secondary N) is 1. The van der Waals surface area contributed by atoms with Crippen molar-refractivity contribution in [3.8, 4) is 0 Å². The molecule has 0 aromatic heterocycles. The van der Waals surface area contributed by atoms with Crippen molar-refractivity contribution in [2.24, 2.45) is 11.7 Å². The maximum absolute atomic E-state index is 12.2. The van der Waals surface area contributed by atoms with Crippen molar-refractivity contribution in [3.05, 3.63) is 35.9 Å². The van der Waals surface area contributed by atoms with Crippen LogP contribution in [0.3, 0.4) is 0 Å². The van der Waals surface area contributed by atoms with Gasteiger partial charge in [-0.1, -0.05) is 58.0 Å². The largest absolute Gasteiger partial charge is 0.354 e. The van der Waals surface area contributed by atoms with Crippen LogP contribution in [-0.4, -0.2) is 36.5 Å². The van der Waals surface area contributed by atoms with Crippen molar-refractivity contribution in [3.63, 3.8) is 0 Å². The monoisotopic (exact) mass is 391 g/mol. The number of carbonyl (C=O) groups excluding carboxylic acids is 1. The first-order valence-electron chi connectivity index (χ1n) is 8.79. The molecule has 0 aliphatic carbocycles. The van der Waals surface area contributed by atoms with Crippen LogP contribution in [0.1, 0.15) is 52.1 Å². The molecule has 0 saturated heterocycles. The summed E-state index contributed by atoms with van der Waals surface area (Å²) in [5.41, 5.74) is 7.13. The molecule has 1 rings (SSSR count). The second-order valence-corrected chi connectivity index (χ2v) is 6.53. The zero-order valence-electron chi connectivity index (χ0n) is 15.9. The number of nitrogens with two attached hydrogens (primary N) is 1. The minimum Gasteiger partial charge on any atom is -0.354 e. The lowest BCUT2D eigenvalue weighted by Crippen LogP contribution is -2.45. The van der Waals surface area contributed by atoms with Gasteiger partial charge in [-0.15, -0.1) is 24.8 Å². The molecule has 4 nitrogen and oxygen atoms in total. The standard InChI is InChI=1S/C19H33N3O.2ClH/c1-5-22(6-2)17(12-15(3)4)14-21-19(23)13-18(20)16-10-8-7-9-11-16;;/h7-11,15,17-18H,5-6,12-14,20H2,1-4H3,(H,21,23);2*1H. The Morgan fingerprint density at radius 2 is 1.68 bits per heavy atom. The van der Waals surface area contributed by atoms with Gasteiger partial charge in [0.05, 0.1) is 0 Å². The number of amides is 1. The average Bonchev–Trinajstić information content (AvgIpc) is 2.53. The molecule has 2 unspecified atom stereocenters. The average molecular weight is 392 g/mol. The van der Waals surface area contributed by atoms with E-state index in [-0.39, 0.29) is 36.8 Å². The second-order valence-electron chi connectivity index (χ2n) is 6.53. The number of carbonyl (C=O) groups is 1. The number of halogens is 2. The Bertz CT molecular complexity index is 453. The number of rotatable bonds is 10. The van der Waals surface area contributed by atoms with E-state index >= 15 is 0 Å². The van der Waals surface area contributed by atoms with Gasteiger partial charge in [-0.25, -0.2) is 0 Å². The molecule has 0 saturated carbocycles. The van der Waals surface area contributed by atoms with Gasteiger partial charge in [0, 0.05) is 25.0 Å². The molecule has 146 valence electrons. The maximum atomic E-state index is 12.2. The molecule has 0 heterocycles. The van der Waals surface area contributed by atoms with Crippen LogP contribution < -0.4 is 11.1 Å². The first kappa shape index (κ1) is 26.4. The van der Waals surface area contributed by atoms with Gasteiger partial charge < -0.3 is 11.1 Å². The highest BCUT2D eigenvalue weighted by Crippen LogP contribution is 2.14. The van der Waals surface area contributed by atoms with Crippen LogP contribution in [0.5, 0.6) is 0 Å². The van der Waals surface area contributed by atoms with Gasteiger partial charge in [-0.3, -0.25) is 9.69 Å². The summed E-state index contributed by atoms with van der Waals surface area (Å²) in [6.07, 6.45) is 1.42. The third kappa shape index (κ3) is 10.0. The molecule has 1 amide bonds. The topological polar surface area (TPSA) is 58.4 Å². The molecule has 1 aromatic carbocycles. The summed E-state index contributed by atoms with van der Waals surface area (Å²) in [6, 6.07) is 9.94. The minimum atomic E-state index is -0.242. The van der Waals surface area contributed by atoms with Crippen LogP contribution in [0.15, 0.2) is 30.3 Å². The van der Waals surface area contributed by atoms with Crippen LogP contribution in [-0.2, 0) is 4.79 Å². The summed E-state index contributed by atoms with van der Waals surface area (Å²) >= 11 is 0. The molecule has 0 aliphatic rings. The molecular formula is C19H35Cl2N3O. The lowest BCUT2D eigenvalue weighted by molar-refractivity contribution is -0.121. The molecule has 0 aliphatic heterocycles. The molecule has 6 heteroatoms. The number of likely N-dealkylation sites (N-methyl/N-ethyl adjacent to an activating group) is 1. The first-order valence-corrected chi connectivity index (χ1v) is 8.79. The quantitative estimate of drug-likeness (QED) is 0.637. The lowest BCUT2D eigenvalue weighted by atomic mass is 10.0. The van der Waals surface area contributed by atoms with Crippen LogP contribution in [0.4, 0.5) is 0 Å². The van der Waals surface area contributed by atoms with Crippen molar-refractivity contribution in [1.29, 1.82) is 0 Å². The van der Waals surface area contributed by atoms with Crippen molar-refractivity contribution in [2.75, 3.05) is 19.6 Å². The molecule has 25 heavy (non-hydrogen) atoms. The van der Waals surface area contributed by atoms with Crippen LogP contribution in [0.25, 0.3) is 0 Å². The normalized spacial score (nSPS) is 12.9. The van der Waals surface area contributed by atoms with E-state index in [4.69, 9.17) is 5.73 Å². The van der Waals surface area contributed by atoms with E-state index in [2.05, 4.69) is 37.9 Å². The molecule has 3 N–H and O–H groups in total. The number of benzene rings is 1. The van der Waals surface area contributed by atoms with E-state index in [1.54, 1.807) is 0 Å². The molecular weight excluding hydrogens is 357 g/mol. The van der Waals surface area contributed by atoms with Crippen molar-refractivity contribution in [1.82, 2.24) is 10.2 Å². The van der Waals surface area contributed by atoms with E-state index in [1.165, 1.54) is 0 Å². The van der Waals surface area contributed by atoms with Crippen molar-refractivity contribution >= 4 is 30.7 Å². The van der Waals surface area contributed by atoms with Crippen molar-refractivity contribution < 1.29 is 4.79 Å². The summed E-state index contributed by atoms with van der Waals surface area (Å²) in [7, 11) is 0. The Morgan fingerprint density at radius 3 is 2.16 bits per heavy atom. The second kappa shape index (κ2) is 14.4. The molecule has 0 spiro atoms. The minimum absolute atomic E-state index is 0. The summed E-state index contributed by atoms with van der Waals surface area (Å²) in [5, 5.41) is 3.08. The van der Waals surface area contributed by atoms with Crippen LogP contribution >= 0.6 is 24.8 Å². The Morgan fingerprint density at radius 1 is 1.12 bits per heavy atom. The molecule has 2 atom stereocenters. The summed E-state index contributed by atoms with van der Waals surface area (Å²) in [4.78, 5) is 14.6. The van der Waals surface area contributed by atoms with Gasteiger partial charge >= 0.3 is 0 Å². The van der Waals surface area contributed by atoms with E-state index in [9.17, 15) is 4.79 Å². The predicted octanol–water partition coefficient (Wildman–Crippen LogP) is 3.79. The summed E-state index contributed by atoms with van der Waals surface area (Å²) < 4.78 is 0. The Kier molecular flexibility index (Phi) is 15.2. The fraction of sp³-hybridized carbons (Fsp3) is 0.632. The lowest BCUT2D eigenvalue weighted by Gasteiger charge is -2.31. The first-order chi connectivity index (χ1) is 11.0. The summed E-state index contributed by atoms with van der Waals surface area (Å²) in [6.45, 7) is 11.5. The molecule has 0 bridgehead atoms. The van der Waals surface area contributed by atoms with Gasteiger partial charge in [0.15, 0.2) is 0 Å². The van der Waals surface area contributed by atoms with E-state index in [0.29, 0.717) is 24.9 Å². The van der Waals surface area contributed by atoms with Gasteiger partial charge in [-0.05, 0) is 31.0 Å². The Balaban J connectivity index is 0. The Hall–Kier alpha value is -0.810. The van der Waals surface area contributed by atoms with Gasteiger partial charge in [0.1, 0.15) is 0 Å². The number of hydrogen-bond donors (Lipinski definition) is 2. The zero-order valence-corrected chi connectivity index (χ0v) is 17.5. The van der Waals surface area contributed by atoms with E-state index in [0.717, 1.165) is 25.1 Å². The highest BCUT2D eigenvalue weighted by atomic mass is 35.5. The van der Waals surface area contributed by atoms with Crippen molar-refractivity contribution in [2.45, 2.75) is 52.6 Å². The molecule has 0 fully saturated rings. The van der Waals surface area contributed by atoms with Gasteiger partial charge in [0.25, 0.3) is 0 Å². The van der Waals surface area contributed by atoms with E-state index in [1.807, 2.05) is 30.3 Å². The number of hydrogen-bond acceptors (Lipinski definition) is 3. The Labute approximate surface area is 165 Å². The fourth-order valence-electron chi connectivity index (χ4n) is 2.97. The third-order valence-corrected chi connectivity index (χ3v) is 4.24. The fourth-order valence-corrected chi connectivity index (χ4v) is 2.97.